The van der Waals surface area contributed by atoms with E-state index < -0.39 is 12.3 Å². The number of likely N-dealkylation sites (N-methyl/N-ethyl adjacent to an activating group) is 1. The van der Waals surface area contributed by atoms with Crippen molar-refractivity contribution in [2.24, 2.45) is 0 Å². The van der Waals surface area contributed by atoms with E-state index >= 15 is 0 Å². The average Bonchev–Trinajstić information content (AvgIpc) is 3.21. The summed E-state index contributed by atoms with van der Waals surface area (Å²) in [6.07, 6.45) is -4.05. The van der Waals surface area contributed by atoms with E-state index in [0.29, 0.717) is 51.8 Å². The summed E-state index contributed by atoms with van der Waals surface area (Å²) in [5, 5.41) is 22.4. The van der Waals surface area contributed by atoms with Crippen molar-refractivity contribution < 1.29 is 32.6 Å². The predicted molar refractivity (Wildman–Crippen MR) is 109 cm³/mol. The third kappa shape index (κ3) is 5.12. The van der Waals surface area contributed by atoms with Gasteiger partial charge in [0.15, 0.2) is 0 Å². The zero-order valence-electron chi connectivity index (χ0n) is 17.1. The van der Waals surface area contributed by atoms with Crippen molar-refractivity contribution in [2.75, 3.05) is 25.5 Å². The van der Waals surface area contributed by atoms with Gasteiger partial charge in [0.05, 0.1) is 17.9 Å². The minimum Gasteiger partial charge on any atom is -0.492 e. The molecule has 1 heterocycles. The molecule has 0 fully saturated rings. The number of benzene rings is 2. The Labute approximate surface area is 182 Å². The number of nitrogens with one attached hydrogen (secondary N) is 1. The zero-order valence-corrected chi connectivity index (χ0v) is 17.1. The van der Waals surface area contributed by atoms with E-state index in [1.165, 1.54) is 31.3 Å². The number of amides is 1. The summed E-state index contributed by atoms with van der Waals surface area (Å²) < 4.78 is 46.9. The summed E-state index contributed by atoms with van der Waals surface area (Å²) in [5.74, 6) is -0.447. The van der Waals surface area contributed by atoms with Crippen molar-refractivity contribution in [3.63, 3.8) is 0 Å². The maximum Gasteiger partial charge on any atom is 0.573 e. The van der Waals surface area contributed by atoms with Gasteiger partial charge in [-0.2, -0.15) is 5.26 Å². The lowest BCUT2D eigenvalue weighted by Crippen LogP contribution is -2.24. The Morgan fingerprint density at radius 1 is 1.38 bits per heavy atom. The first-order valence-corrected chi connectivity index (χ1v) is 9.58. The standard InChI is InChI=1S/C22H20F3N3O4/c1-13(21(29)28(2)30)7-9-27-19-11-17(20-16(8-10-31-20)18(19)12-26)14-3-5-15(6-4-14)32-22(23,24)25/h3-6,11,27,30H,1,7-10H2,2H3. The molecule has 32 heavy (non-hydrogen) atoms. The van der Waals surface area contributed by atoms with Gasteiger partial charge < -0.3 is 14.8 Å². The van der Waals surface area contributed by atoms with Crippen LogP contribution in [0.1, 0.15) is 17.5 Å². The number of ether oxygens (including phenoxy) is 2. The van der Waals surface area contributed by atoms with Gasteiger partial charge in [0.25, 0.3) is 5.91 Å². The third-order valence-corrected chi connectivity index (χ3v) is 4.83. The van der Waals surface area contributed by atoms with Crippen LogP contribution in [0.3, 0.4) is 0 Å². The van der Waals surface area contributed by atoms with Crippen LogP contribution in [0, 0.1) is 11.3 Å². The van der Waals surface area contributed by atoms with Crippen LogP contribution in [0.2, 0.25) is 0 Å². The number of anilines is 1. The van der Waals surface area contributed by atoms with E-state index in [-0.39, 0.29) is 24.3 Å². The Morgan fingerprint density at radius 2 is 2.06 bits per heavy atom. The maximum absolute atomic E-state index is 12.4. The van der Waals surface area contributed by atoms with Gasteiger partial charge in [0, 0.05) is 36.7 Å². The van der Waals surface area contributed by atoms with E-state index in [1.807, 2.05) is 0 Å². The molecule has 2 aromatic carbocycles. The number of alkyl halides is 3. The van der Waals surface area contributed by atoms with Crippen LogP contribution in [0.25, 0.3) is 11.1 Å². The number of hydrogen-bond acceptors (Lipinski definition) is 6. The molecule has 7 nitrogen and oxygen atoms in total. The van der Waals surface area contributed by atoms with E-state index in [2.05, 4.69) is 22.7 Å². The molecule has 1 amide bonds. The molecule has 1 aliphatic heterocycles. The lowest BCUT2D eigenvalue weighted by molar-refractivity contribution is -0.274. The molecule has 0 saturated heterocycles. The second-order valence-electron chi connectivity index (χ2n) is 7.05. The molecule has 0 saturated carbocycles. The molecule has 0 aliphatic carbocycles. The highest BCUT2D eigenvalue weighted by atomic mass is 19.4. The lowest BCUT2D eigenvalue weighted by Gasteiger charge is -2.16. The third-order valence-electron chi connectivity index (χ3n) is 4.83. The summed E-state index contributed by atoms with van der Waals surface area (Å²) in [4.78, 5) is 11.7. The molecule has 0 radical (unpaired) electrons. The van der Waals surface area contributed by atoms with Crippen molar-refractivity contribution in [1.82, 2.24) is 5.06 Å². The molecule has 0 bridgehead atoms. The highest BCUT2D eigenvalue weighted by Gasteiger charge is 2.31. The van der Waals surface area contributed by atoms with Crippen LogP contribution >= 0.6 is 0 Å². The minimum absolute atomic E-state index is 0.186. The van der Waals surface area contributed by atoms with Crippen LogP contribution in [0.15, 0.2) is 42.5 Å². The number of nitrogens with zero attached hydrogens (tertiary/aromatic N) is 2. The largest absolute Gasteiger partial charge is 0.573 e. The number of nitriles is 1. The molecule has 168 valence electrons. The maximum atomic E-state index is 12.4. The van der Waals surface area contributed by atoms with Crippen LogP contribution in [-0.4, -0.2) is 42.7 Å². The molecule has 2 N–H and O–H groups in total. The van der Waals surface area contributed by atoms with E-state index in [9.17, 15) is 28.4 Å². The molecule has 0 aromatic heterocycles. The molecule has 3 rings (SSSR count). The quantitative estimate of drug-likeness (QED) is 0.374. The van der Waals surface area contributed by atoms with E-state index in [0.717, 1.165) is 0 Å². The Kier molecular flexibility index (Phi) is 6.60. The van der Waals surface area contributed by atoms with Gasteiger partial charge in [-0.1, -0.05) is 18.7 Å². The first-order valence-electron chi connectivity index (χ1n) is 9.58. The summed E-state index contributed by atoms with van der Waals surface area (Å²) in [6.45, 7) is 4.29. The van der Waals surface area contributed by atoms with Crippen LogP contribution < -0.4 is 14.8 Å². The van der Waals surface area contributed by atoms with Crippen molar-refractivity contribution in [1.29, 1.82) is 5.26 Å². The molecule has 1 aliphatic rings. The molecular weight excluding hydrogens is 427 g/mol. The van der Waals surface area contributed by atoms with Gasteiger partial charge in [-0.3, -0.25) is 10.0 Å². The van der Waals surface area contributed by atoms with Gasteiger partial charge in [0.2, 0.25) is 0 Å². The predicted octanol–water partition coefficient (Wildman–Crippen LogP) is 4.26. The number of carbonyl (C=O) groups excluding carboxylic acids is 1. The summed E-state index contributed by atoms with van der Waals surface area (Å²) in [5.41, 5.74) is 2.99. The number of fused-ring (bicyclic) bond motifs is 1. The highest BCUT2D eigenvalue weighted by molar-refractivity contribution is 5.91. The fourth-order valence-corrected chi connectivity index (χ4v) is 3.38. The van der Waals surface area contributed by atoms with Crippen molar-refractivity contribution in [3.8, 4) is 28.7 Å². The summed E-state index contributed by atoms with van der Waals surface area (Å²) in [7, 11) is 1.20. The second-order valence-corrected chi connectivity index (χ2v) is 7.05. The van der Waals surface area contributed by atoms with E-state index in [1.54, 1.807) is 6.07 Å². The molecular formula is C22H20F3N3O4. The monoisotopic (exact) mass is 447 g/mol. The van der Waals surface area contributed by atoms with Gasteiger partial charge in [-0.15, -0.1) is 13.2 Å². The fourth-order valence-electron chi connectivity index (χ4n) is 3.38. The molecule has 10 heteroatoms. The number of rotatable bonds is 7. The number of hydrogen-bond donors (Lipinski definition) is 2. The zero-order chi connectivity index (χ0) is 23.5. The summed E-state index contributed by atoms with van der Waals surface area (Å²) >= 11 is 0. The van der Waals surface area contributed by atoms with Gasteiger partial charge in [-0.05, 0) is 30.2 Å². The van der Waals surface area contributed by atoms with Crippen molar-refractivity contribution in [2.45, 2.75) is 19.2 Å². The van der Waals surface area contributed by atoms with E-state index in [4.69, 9.17) is 4.74 Å². The van der Waals surface area contributed by atoms with Crippen molar-refractivity contribution >= 4 is 11.6 Å². The van der Waals surface area contributed by atoms with Gasteiger partial charge >= 0.3 is 6.36 Å². The minimum atomic E-state index is -4.78. The normalized spacial score (nSPS) is 12.4. The highest BCUT2D eigenvalue weighted by Crippen LogP contribution is 2.42. The van der Waals surface area contributed by atoms with Gasteiger partial charge in [0.1, 0.15) is 17.6 Å². The van der Waals surface area contributed by atoms with Gasteiger partial charge in [-0.25, -0.2) is 5.06 Å². The van der Waals surface area contributed by atoms with Crippen LogP contribution in [0.4, 0.5) is 18.9 Å². The molecule has 2 aromatic rings. The Morgan fingerprint density at radius 3 is 2.66 bits per heavy atom. The Balaban J connectivity index is 1.88. The molecule has 0 spiro atoms. The average molecular weight is 447 g/mol. The first kappa shape index (κ1) is 23.0. The number of hydroxylamine groups is 2. The topological polar surface area (TPSA) is 94.8 Å². The summed E-state index contributed by atoms with van der Waals surface area (Å²) in [6, 6.07) is 9.21. The first-order chi connectivity index (χ1) is 15.1. The number of carbonyl (C=O) groups is 1. The number of halogens is 3. The van der Waals surface area contributed by atoms with Crippen LogP contribution in [0.5, 0.6) is 11.5 Å². The second kappa shape index (κ2) is 9.20. The Hall–Kier alpha value is -3.71. The lowest BCUT2D eigenvalue weighted by atomic mass is 9.95. The smallest absolute Gasteiger partial charge is 0.492 e. The SMILES string of the molecule is C=C(CCNc1cc(-c2ccc(OC(F)(F)F)cc2)c2c(c1C#N)CCO2)C(=O)N(C)O. The molecule has 0 atom stereocenters. The fraction of sp³-hybridized carbons (Fsp3) is 0.273. The Bertz CT molecular complexity index is 1070. The van der Waals surface area contributed by atoms with Crippen LogP contribution in [-0.2, 0) is 11.2 Å². The van der Waals surface area contributed by atoms with Crippen molar-refractivity contribution in [3.05, 3.63) is 53.6 Å². The molecule has 0 unspecified atom stereocenters.